The lowest BCUT2D eigenvalue weighted by atomic mass is 10.2. The van der Waals surface area contributed by atoms with E-state index in [4.69, 9.17) is 11.0 Å². The molecule has 2 rings (SSSR count). The van der Waals surface area contributed by atoms with Crippen molar-refractivity contribution in [2.75, 3.05) is 42.6 Å². The van der Waals surface area contributed by atoms with Crippen molar-refractivity contribution in [3.05, 3.63) is 24.3 Å². The number of benzene rings is 1. The molecule has 1 aliphatic heterocycles. The number of nitrogen functional groups attached to an aromatic ring is 1. The van der Waals surface area contributed by atoms with E-state index in [-0.39, 0.29) is 0 Å². The highest BCUT2D eigenvalue weighted by molar-refractivity contribution is 7.89. The second-order valence-corrected chi connectivity index (χ2v) is 6.33. The van der Waals surface area contributed by atoms with Crippen LogP contribution >= 0.6 is 0 Å². The number of sulfonamides is 1. The van der Waals surface area contributed by atoms with Crippen molar-refractivity contribution in [3.63, 3.8) is 0 Å². The van der Waals surface area contributed by atoms with E-state index in [1.165, 1.54) is 4.31 Å². The summed E-state index contributed by atoms with van der Waals surface area (Å²) in [7, 11) is -3.43. The predicted octanol–water partition coefficient (Wildman–Crippen LogP) is 0.244. The van der Waals surface area contributed by atoms with Crippen LogP contribution in [0.15, 0.2) is 24.3 Å². The number of nitrogens with zero attached hydrogens (tertiary/aromatic N) is 3. The molecular weight excluding hydrogens is 264 g/mol. The van der Waals surface area contributed by atoms with Crippen LogP contribution in [0.2, 0.25) is 0 Å². The van der Waals surface area contributed by atoms with Crippen molar-refractivity contribution in [1.29, 1.82) is 5.26 Å². The average molecular weight is 280 g/mol. The lowest BCUT2D eigenvalue weighted by Gasteiger charge is -2.35. The molecule has 0 amide bonds. The first kappa shape index (κ1) is 13.6. The number of rotatable bonds is 3. The second kappa shape index (κ2) is 5.47. The van der Waals surface area contributed by atoms with Gasteiger partial charge in [0.1, 0.15) is 0 Å². The van der Waals surface area contributed by atoms with E-state index < -0.39 is 15.8 Å². The molecule has 0 spiro atoms. The van der Waals surface area contributed by atoms with Gasteiger partial charge in [-0.25, -0.2) is 8.42 Å². The lowest BCUT2D eigenvalue weighted by molar-refractivity contribution is 0.387. The van der Waals surface area contributed by atoms with E-state index in [1.807, 2.05) is 24.3 Å². The smallest absolute Gasteiger partial charge is 0.227 e. The summed E-state index contributed by atoms with van der Waals surface area (Å²) in [5.74, 6) is -0.458. The molecule has 0 aliphatic carbocycles. The first-order valence-corrected chi connectivity index (χ1v) is 7.60. The van der Waals surface area contributed by atoms with Gasteiger partial charge >= 0.3 is 0 Å². The van der Waals surface area contributed by atoms with Gasteiger partial charge in [-0.05, 0) is 12.1 Å². The number of nitriles is 1. The highest BCUT2D eigenvalue weighted by atomic mass is 32.2. The maximum atomic E-state index is 11.8. The summed E-state index contributed by atoms with van der Waals surface area (Å²) in [6.07, 6.45) is 0. The van der Waals surface area contributed by atoms with Gasteiger partial charge in [-0.2, -0.15) is 9.57 Å². The molecule has 0 saturated carbocycles. The fraction of sp³-hybridized carbons (Fsp3) is 0.417. The molecule has 1 heterocycles. The first-order chi connectivity index (χ1) is 9.04. The summed E-state index contributed by atoms with van der Waals surface area (Å²) in [4.78, 5) is 2.06. The third kappa shape index (κ3) is 2.97. The van der Waals surface area contributed by atoms with E-state index in [0.717, 1.165) is 5.69 Å². The molecule has 1 aromatic carbocycles. The van der Waals surface area contributed by atoms with Crippen molar-refractivity contribution >= 4 is 21.4 Å². The van der Waals surface area contributed by atoms with E-state index >= 15 is 0 Å². The Kier molecular flexibility index (Phi) is 3.93. The summed E-state index contributed by atoms with van der Waals surface area (Å²) in [5.41, 5.74) is 7.52. The quantitative estimate of drug-likeness (QED) is 0.801. The van der Waals surface area contributed by atoms with Gasteiger partial charge < -0.3 is 10.6 Å². The first-order valence-electron chi connectivity index (χ1n) is 5.99. The molecule has 1 aliphatic rings. The summed E-state index contributed by atoms with van der Waals surface area (Å²) in [5, 5.41) is 8.52. The Morgan fingerprint density at radius 3 is 2.42 bits per heavy atom. The summed E-state index contributed by atoms with van der Waals surface area (Å²) < 4.78 is 24.9. The van der Waals surface area contributed by atoms with Gasteiger partial charge in [0.05, 0.1) is 17.4 Å². The number of hydrogen-bond donors (Lipinski definition) is 1. The minimum atomic E-state index is -3.43. The predicted molar refractivity (Wildman–Crippen MR) is 74.0 cm³/mol. The summed E-state index contributed by atoms with van der Waals surface area (Å²) in [6.45, 7) is 1.94. The summed E-state index contributed by atoms with van der Waals surface area (Å²) in [6, 6.07) is 9.22. The zero-order chi connectivity index (χ0) is 13.9. The SMILES string of the molecule is N#CCS(=O)(=O)N1CCN(c2ccccc2N)CC1. The van der Waals surface area contributed by atoms with Crippen LogP contribution in [0.3, 0.4) is 0 Å². The number of piperazine rings is 1. The van der Waals surface area contributed by atoms with Crippen LogP contribution in [0.25, 0.3) is 0 Å². The third-order valence-electron chi connectivity index (χ3n) is 3.16. The van der Waals surface area contributed by atoms with Crippen LogP contribution in [0.5, 0.6) is 0 Å². The minimum absolute atomic E-state index is 0.387. The second-order valence-electron chi connectivity index (χ2n) is 4.36. The van der Waals surface area contributed by atoms with Gasteiger partial charge in [0.2, 0.25) is 10.0 Å². The fourth-order valence-electron chi connectivity index (χ4n) is 2.16. The molecule has 0 unspecified atom stereocenters. The molecule has 0 aromatic heterocycles. The van der Waals surface area contributed by atoms with E-state index in [9.17, 15) is 8.42 Å². The molecule has 1 saturated heterocycles. The fourth-order valence-corrected chi connectivity index (χ4v) is 3.22. The maximum Gasteiger partial charge on any atom is 0.227 e. The molecule has 0 radical (unpaired) electrons. The lowest BCUT2D eigenvalue weighted by Crippen LogP contribution is -2.49. The highest BCUT2D eigenvalue weighted by Gasteiger charge is 2.27. The van der Waals surface area contributed by atoms with Gasteiger partial charge in [0.15, 0.2) is 5.75 Å². The average Bonchev–Trinajstić information content (AvgIpc) is 2.39. The maximum absolute atomic E-state index is 11.8. The monoisotopic (exact) mass is 280 g/mol. The largest absolute Gasteiger partial charge is 0.397 e. The zero-order valence-electron chi connectivity index (χ0n) is 10.5. The standard InChI is InChI=1S/C12H16N4O2S/c13-5-10-19(17,18)16-8-6-15(7-9-16)12-4-2-1-3-11(12)14/h1-4H,6-10,14H2. The number of para-hydroxylation sites is 2. The Labute approximate surface area is 113 Å². The molecule has 7 heteroatoms. The third-order valence-corrected chi connectivity index (χ3v) is 4.80. The molecule has 0 bridgehead atoms. The Morgan fingerprint density at radius 1 is 1.21 bits per heavy atom. The zero-order valence-corrected chi connectivity index (χ0v) is 11.3. The van der Waals surface area contributed by atoms with Crippen LogP contribution < -0.4 is 10.6 Å². The van der Waals surface area contributed by atoms with Crippen LogP contribution in [0.1, 0.15) is 0 Å². The van der Waals surface area contributed by atoms with Crippen molar-refractivity contribution < 1.29 is 8.42 Å². The minimum Gasteiger partial charge on any atom is -0.397 e. The van der Waals surface area contributed by atoms with Crippen LogP contribution in [-0.2, 0) is 10.0 Å². The normalized spacial score (nSPS) is 17.1. The van der Waals surface area contributed by atoms with Crippen LogP contribution in [-0.4, -0.2) is 44.7 Å². The number of nitrogens with two attached hydrogens (primary N) is 1. The molecule has 1 fully saturated rings. The topological polar surface area (TPSA) is 90.4 Å². The van der Waals surface area contributed by atoms with Crippen molar-refractivity contribution in [1.82, 2.24) is 4.31 Å². The molecule has 2 N–H and O–H groups in total. The molecule has 102 valence electrons. The molecule has 6 nitrogen and oxygen atoms in total. The molecular formula is C12H16N4O2S. The van der Waals surface area contributed by atoms with Crippen LogP contribution in [0, 0.1) is 11.3 Å². The van der Waals surface area contributed by atoms with Crippen molar-refractivity contribution in [3.8, 4) is 6.07 Å². The Hall–Kier alpha value is -1.78. The van der Waals surface area contributed by atoms with E-state index in [1.54, 1.807) is 6.07 Å². The Balaban J connectivity index is 2.05. The highest BCUT2D eigenvalue weighted by Crippen LogP contribution is 2.24. The summed E-state index contributed by atoms with van der Waals surface area (Å²) >= 11 is 0. The Bertz CT molecular complexity index is 586. The van der Waals surface area contributed by atoms with Crippen molar-refractivity contribution in [2.45, 2.75) is 0 Å². The van der Waals surface area contributed by atoms with Gasteiger partial charge in [-0.3, -0.25) is 0 Å². The van der Waals surface area contributed by atoms with Crippen molar-refractivity contribution in [2.24, 2.45) is 0 Å². The molecule has 19 heavy (non-hydrogen) atoms. The van der Waals surface area contributed by atoms with Gasteiger partial charge in [0, 0.05) is 26.2 Å². The van der Waals surface area contributed by atoms with Gasteiger partial charge in [0.25, 0.3) is 0 Å². The van der Waals surface area contributed by atoms with Gasteiger partial charge in [-0.15, -0.1) is 0 Å². The van der Waals surface area contributed by atoms with E-state index in [0.29, 0.717) is 31.9 Å². The van der Waals surface area contributed by atoms with Gasteiger partial charge in [-0.1, -0.05) is 12.1 Å². The number of hydrogen-bond acceptors (Lipinski definition) is 5. The molecule has 0 atom stereocenters. The number of anilines is 2. The Morgan fingerprint density at radius 2 is 1.84 bits per heavy atom. The van der Waals surface area contributed by atoms with E-state index in [2.05, 4.69) is 4.90 Å². The van der Waals surface area contributed by atoms with Crippen LogP contribution in [0.4, 0.5) is 11.4 Å². The molecule has 1 aromatic rings.